The highest BCUT2D eigenvalue weighted by Crippen LogP contribution is 2.28. The number of likely N-dealkylation sites (tertiary alicyclic amines) is 1. The Morgan fingerprint density at radius 3 is 2.41 bits per heavy atom. The van der Waals surface area contributed by atoms with Crippen molar-refractivity contribution in [3.8, 4) is 17.0 Å². The molecule has 1 saturated heterocycles. The van der Waals surface area contributed by atoms with Crippen LogP contribution in [0.5, 0.6) is 5.75 Å². The van der Waals surface area contributed by atoms with Crippen molar-refractivity contribution in [1.29, 1.82) is 0 Å². The molecule has 41 heavy (non-hydrogen) atoms. The Kier molecular flexibility index (Phi) is 8.18. The molecule has 2 aromatic carbocycles. The molecule has 1 aliphatic rings. The van der Waals surface area contributed by atoms with Gasteiger partial charge < -0.3 is 9.64 Å². The van der Waals surface area contributed by atoms with E-state index < -0.39 is 54.1 Å². The van der Waals surface area contributed by atoms with Gasteiger partial charge in [-0.05, 0) is 42.7 Å². The maximum absolute atomic E-state index is 15.0. The van der Waals surface area contributed by atoms with Crippen LogP contribution >= 0.6 is 0 Å². The van der Waals surface area contributed by atoms with E-state index in [4.69, 9.17) is 4.74 Å². The van der Waals surface area contributed by atoms with Crippen LogP contribution in [0, 0.1) is 11.6 Å². The number of fused-ring (bicyclic) bond motifs is 1. The van der Waals surface area contributed by atoms with E-state index in [0.717, 1.165) is 16.7 Å². The molecule has 3 heterocycles. The lowest BCUT2D eigenvalue weighted by molar-refractivity contribution is -0.119. The molecular formula is C29H26F4N4O4. The highest BCUT2D eigenvalue weighted by atomic mass is 19.1. The van der Waals surface area contributed by atoms with Crippen molar-refractivity contribution < 1.29 is 27.1 Å². The molecule has 0 unspecified atom stereocenters. The molecule has 8 nitrogen and oxygen atoms in total. The molecule has 214 valence electrons. The largest absolute Gasteiger partial charge is 0.482 e. The van der Waals surface area contributed by atoms with Crippen LogP contribution in [0.2, 0.25) is 0 Å². The van der Waals surface area contributed by atoms with E-state index in [0.29, 0.717) is 49.2 Å². The van der Waals surface area contributed by atoms with E-state index in [2.05, 4.69) is 4.98 Å². The Labute approximate surface area is 231 Å². The Hall–Kier alpha value is -4.48. The SMILES string of the molecule is O=CN1CCC(n2c(=O)n(Cc3ccc(-c4cccc(F)c4)nc3)c(=O)c3cc(OC(CF)CF)c(F)cc32)CC1. The minimum absolute atomic E-state index is 0.0160. The van der Waals surface area contributed by atoms with E-state index in [-0.39, 0.29) is 17.4 Å². The van der Waals surface area contributed by atoms with Crippen LogP contribution in [0.4, 0.5) is 17.6 Å². The predicted molar refractivity (Wildman–Crippen MR) is 143 cm³/mol. The molecule has 0 aliphatic carbocycles. The number of amides is 1. The molecule has 12 heteroatoms. The fraction of sp³-hybridized carbons (Fsp3) is 0.310. The van der Waals surface area contributed by atoms with Crippen molar-refractivity contribution >= 4 is 17.3 Å². The Balaban J connectivity index is 1.60. The van der Waals surface area contributed by atoms with E-state index in [1.807, 2.05) is 0 Å². The van der Waals surface area contributed by atoms with E-state index in [1.54, 1.807) is 29.2 Å². The maximum Gasteiger partial charge on any atom is 0.332 e. The average molecular weight is 571 g/mol. The summed E-state index contributed by atoms with van der Waals surface area (Å²) in [5.41, 5.74) is 0.132. The minimum Gasteiger partial charge on any atom is -0.482 e. The summed E-state index contributed by atoms with van der Waals surface area (Å²) in [6.45, 7) is -1.85. The molecule has 2 aromatic heterocycles. The van der Waals surface area contributed by atoms with Crippen molar-refractivity contribution in [2.24, 2.45) is 0 Å². The fourth-order valence-electron chi connectivity index (χ4n) is 5.01. The van der Waals surface area contributed by atoms with Gasteiger partial charge in [-0.3, -0.25) is 23.7 Å². The number of benzene rings is 2. The number of carbonyl (C=O) groups excluding carboxylic acids is 1. The number of halogens is 4. The van der Waals surface area contributed by atoms with Crippen LogP contribution in [0.15, 0.2) is 64.3 Å². The number of hydrogen-bond acceptors (Lipinski definition) is 5. The van der Waals surface area contributed by atoms with Crippen molar-refractivity contribution in [1.82, 2.24) is 19.0 Å². The average Bonchev–Trinajstić information content (AvgIpc) is 2.99. The van der Waals surface area contributed by atoms with Gasteiger partial charge in [0.2, 0.25) is 6.41 Å². The highest BCUT2D eigenvalue weighted by molar-refractivity contribution is 5.80. The number of pyridine rings is 1. The van der Waals surface area contributed by atoms with Gasteiger partial charge in [0.1, 0.15) is 19.2 Å². The second-order valence-electron chi connectivity index (χ2n) is 9.83. The normalized spacial score (nSPS) is 14.1. The number of alkyl halides is 2. The molecule has 1 fully saturated rings. The summed E-state index contributed by atoms with van der Waals surface area (Å²) in [7, 11) is 0. The molecule has 0 N–H and O–H groups in total. The maximum atomic E-state index is 15.0. The van der Waals surface area contributed by atoms with Gasteiger partial charge in [0.25, 0.3) is 5.56 Å². The zero-order chi connectivity index (χ0) is 29.1. The topological polar surface area (TPSA) is 86.4 Å². The third-order valence-electron chi connectivity index (χ3n) is 7.16. The van der Waals surface area contributed by atoms with Gasteiger partial charge in [-0.1, -0.05) is 18.2 Å². The lowest BCUT2D eigenvalue weighted by atomic mass is 10.0. The molecule has 0 saturated carbocycles. The van der Waals surface area contributed by atoms with Gasteiger partial charge in [-0.2, -0.15) is 0 Å². The second-order valence-corrected chi connectivity index (χ2v) is 9.83. The Bertz CT molecular complexity index is 1680. The molecule has 0 bridgehead atoms. The standard InChI is InChI=1S/C29H26F4N4O4/c30-13-22(14-31)41-27-11-23-26(12-24(27)33)37(21-6-8-35(17-38)9-7-21)29(40)36(28(23)39)16-18-4-5-25(34-15-18)19-2-1-3-20(32)10-19/h1-5,10-12,15,17,21-22H,6-9,13-14,16H2. The summed E-state index contributed by atoms with van der Waals surface area (Å²) in [6.07, 6.45) is 1.41. The van der Waals surface area contributed by atoms with Crippen molar-refractivity contribution in [3.63, 3.8) is 0 Å². The number of piperidine rings is 1. The van der Waals surface area contributed by atoms with Gasteiger partial charge in [0.15, 0.2) is 17.7 Å². The monoisotopic (exact) mass is 570 g/mol. The summed E-state index contributed by atoms with van der Waals surface area (Å²) in [6, 6.07) is 10.8. The zero-order valence-electron chi connectivity index (χ0n) is 21.8. The van der Waals surface area contributed by atoms with Crippen molar-refractivity contribution in [3.05, 3.63) is 92.8 Å². The molecule has 1 amide bonds. The molecular weight excluding hydrogens is 544 g/mol. The summed E-state index contributed by atoms with van der Waals surface area (Å²) in [5.74, 6) is -1.90. The number of ether oxygens (including phenoxy) is 1. The van der Waals surface area contributed by atoms with Crippen LogP contribution < -0.4 is 16.0 Å². The number of carbonyl (C=O) groups is 1. The van der Waals surface area contributed by atoms with Gasteiger partial charge >= 0.3 is 5.69 Å². The first-order valence-electron chi connectivity index (χ1n) is 13.0. The Morgan fingerprint density at radius 2 is 1.78 bits per heavy atom. The highest BCUT2D eigenvalue weighted by Gasteiger charge is 2.26. The second kappa shape index (κ2) is 11.9. The number of aromatic nitrogens is 3. The van der Waals surface area contributed by atoms with Crippen LogP contribution in [-0.4, -0.2) is 58.0 Å². The minimum atomic E-state index is -1.55. The molecule has 5 rings (SSSR count). The van der Waals surface area contributed by atoms with Gasteiger partial charge in [-0.15, -0.1) is 0 Å². The number of rotatable bonds is 9. The molecule has 0 radical (unpaired) electrons. The van der Waals surface area contributed by atoms with E-state index in [1.165, 1.54) is 22.9 Å². The number of nitrogens with zero attached hydrogens (tertiary/aromatic N) is 4. The van der Waals surface area contributed by atoms with Crippen LogP contribution in [0.25, 0.3) is 22.2 Å². The third kappa shape index (κ3) is 5.72. The zero-order valence-corrected chi connectivity index (χ0v) is 21.8. The first-order valence-corrected chi connectivity index (χ1v) is 13.0. The quantitative estimate of drug-likeness (QED) is 0.224. The summed E-state index contributed by atoms with van der Waals surface area (Å²) in [5, 5.41) is -0.0698. The predicted octanol–water partition coefficient (Wildman–Crippen LogP) is 4.03. The van der Waals surface area contributed by atoms with E-state index in [9.17, 15) is 27.6 Å². The van der Waals surface area contributed by atoms with Crippen LogP contribution in [0.1, 0.15) is 24.4 Å². The third-order valence-corrected chi connectivity index (χ3v) is 7.16. The fourth-order valence-corrected chi connectivity index (χ4v) is 5.01. The number of hydrogen-bond donors (Lipinski definition) is 0. The van der Waals surface area contributed by atoms with Gasteiger partial charge in [-0.25, -0.2) is 22.4 Å². The van der Waals surface area contributed by atoms with Crippen LogP contribution in [-0.2, 0) is 11.3 Å². The van der Waals surface area contributed by atoms with Crippen molar-refractivity contribution in [2.75, 3.05) is 26.4 Å². The van der Waals surface area contributed by atoms with Crippen molar-refractivity contribution in [2.45, 2.75) is 31.5 Å². The first kappa shape index (κ1) is 28.1. The molecule has 4 aromatic rings. The summed E-state index contributed by atoms with van der Waals surface area (Å²) in [4.78, 5) is 44.5. The lowest BCUT2D eigenvalue weighted by Gasteiger charge is -2.31. The van der Waals surface area contributed by atoms with Crippen LogP contribution in [0.3, 0.4) is 0 Å². The first-order chi connectivity index (χ1) is 19.8. The lowest BCUT2D eigenvalue weighted by Crippen LogP contribution is -2.44. The van der Waals surface area contributed by atoms with Gasteiger partial charge in [0, 0.05) is 37.0 Å². The van der Waals surface area contributed by atoms with E-state index >= 15 is 4.39 Å². The molecule has 0 spiro atoms. The Morgan fingerprint density at radius 1 is 1.02 bits per heavy atom. The smallest absolute Gasteiger partial charge is 0.332 e. The summed E-state index contributed by atoms with van der Waals surface area (Å²) < 4.78 is 62.3. The molecule has 0 atom stereocenters. The molecule has 1 aliphatic heterocycles. The summed E-state index contributed by atoms with van der Waals surface area (Å²) >= 11 is 0. The van der Waals surface area contributed by atoms with Gasteiger partial charge in [0.05, 0.1) is 23.1 Å².